The first kappa shape index (κ1) is 71.3. The van der Waals surface area contributed by atoms with Crippen LogP contribution >= 0.6 is 0 Å². The van der Waals surface area contributed by atoms with Crippen LogP contribution in [0.25, 0.3) is 32.3 Å². The molecule has 1 atom stereocenters. The largest absolute Gasteiger partial charge is 0.491 e. The molecule has 0 spiro atoms. The molecular weight excluding hydrogens is 1150 g/mol. The maximum atomic E-state index is 6.51. The smallest absolute Gasteiger partial charge is 0.123 e. The fraction of sp³-hybridized carbons (Fsp3) is 0.528. The van der Waals surface area contributed by atoms with E-state index in [4.69, 9.17) is 85.3 Å². The summed E-state index contributed by atoms with van der Waals surface area (Å²) in [6.45, 7) is 25.3. The van der Waals surface area contributed by atoms with E-state index in [1.165, 1.54) is 37.9 Å². The molecule has 0 aromatic heterocycles. The highest BCUT2D eigenvalue weighted by molar-refractivity contribution is 6.24. The molecule has 1 unspecified atom stereocenters. The lowest BCUT2D eigenvalue weighted by Crippen LogP contribution is -2.16. The van der Waals surface area contributed by atoms with Crippen molar-refractivity contribution in [3.05, 3.63) is 131 Å². The van der Waals surface area contributed by atoms with E-state index in [9.17, 15) is 0 Å². The van der Waals surface area contributed by atoms with Crippen LogP contribution in [0.4, 0.5) is 0 Å². The third-order valence-corrected chi connectivity index (χ3v) is 14.4. The molecule has 0 aliphatic heterocycles. The molecule has 7 aromatic rings. The van der Waals surface area contributed by atoms with Gasteiger partial charge in [-0.15, -0.1) is 0 Å². The first-order valence-electron chi connectivity index (χ1n) is 32.3. The highest BCUT2D eigenvalue weighted by Gasteiger charge is 2.20. The Morgan fingerprint density at radius 3 is 1.08 bits per heavy atom. The van der Waals surface area contributed by atoms with Crippen LogP contribution in [0, 0.1) is 0 Å². The predicted octanol–water partition coefficient (Wildman–Crippen LogP) is 12.4. The average molecular weight is 1250 g/mol. The highest BCUT2D eigenvalue weighted by atomic mass is 16.6. The van der Waals surface area contributed by atoms with E-state index in [2.05, 4.69) is 62.4 Å². The molecule has 7 rings (SSSR count). The summed E-state index contributed by atoms with van der Waals surface area (Å²) in [4.78, 5) is 0. The minimum atomic E-state index is -0.242. The van der Waals surface area contributed by atoms with Gasteiger partial charge in [-0.25, -0.2) is 0 Å². The second-order valence-electron chi connectivity index (χ2n) is 20.8. The van der Waals surface area contributed by atoms with E-state index in [1.54, 1.807) is 0 Å². The van der Waals surface area contributed by atoms with Gasteiger partial charge in [-0.3, -0.25) is 0 Å². The highest BCUT2D eigenvalue weighted by Crippen LogP contribution is 2.41. The normalized spacial score (nSPS) is 12.0. The van der Waals surface area contributed by atoms with Crippen LogP contribution in [0.2, 0.25) is 0 Å². The van der Waals surface area contributed by atoms with Crippen LogP contribution in [0.1, 0.15) is 75.5 Å². The number of rotatable bonds is 53. The molecule has 7 aromatic carbocycles. The van der Waals surface area contributed by atoms with Crippen LogP contribution in [0.3, 0.4) is 0 Å². The van der Waals surface area contributed by atoms with Gasteiger partial charge in [-0.2, -0.15) is 0 Å². The van der Waals surface area contributed by atoms with Gasteiger partial charge in [0.25, 0.3) is 0 Å². The van der Waals surface area contributed by atoms with Crippen molar-refractivity contribution in [2.45, 2.75) is 73.7 Å². The maximum Gasteiger partial charge on any atom is 0.123 e. The number of aryl methyl sites for hydroxylation is 2. The van der Waals surface area contributed by atoms with Crippen molar-refractivity contribution in [3.8, 4) is 34.5 Å². The second-order valence-corrected chi connectivity index (χ2v) is 20.8. The third-order valence-electron chi connectivity index (χ3n) is 14.4. The van der Waals surface area contributed by atoms with Gasteiger partial charge in [0.1, 0.15) is 80.2 Å². The Balaban J connectivity index is 0.927. The summed E-state index contributed by atoms with van der Waals surface area (Å²) in [6, 6.07) is 35.3. The lowest BCUT2D eigenvalue weighted by atomic mass is 9.88. The summed E-state index contributed by atoms with van der Waals surface area (Å²) in [7, 11) is 0. The van der Waals surface area contributed by atoms with Crippen LogP contribution in [0.5, 0.6) is 34.5 Å². The van der Waals surface area contributed by atoms with Gasteiger partial charge < -0.3 is 85.3 Å². The lowest BCUT2D eigenvalue weighted by Gasteiger charge is -2.22. The van der Waals surface area contributed by atoms with Gasteiger partial charge in [-0.1, -0.05) is 56.3 Å². The molecule has 0 heterocycles. The molecule has 0 amide bonds. The third kappa shape index (κ3) is 25.2. The summed E-state index contributed by atoms with van der Waals surface area (Å²) in [6.07, 6.45) is 1.51. The number of hydrogen-bond acceptors (Lipinski definition) is 18. The molecule has 0 radical (unpaired) electrons. The fourth-order valence-electron chi connectivity index (χ4n) is 10.1. The monoisotopic (exact) mass is 1250 g/mol. The van der Waals surface area contributed by atoms with E-state index in [-0.39, 0.29) is 19.3 Å². The molecule has 0 saturated carbocycles. The van der Waals surface area contributed by atoms with Crippen molar-refractivity contribution >= 4 is 32.3 Å². The lowest BCUT2D eigenvalue weighted by molar-refractivity contribution is -0.0302. The van der Waals surface area contributed by atoms with Crippen LogP contribution in [-0.4, -0.2) is 178 Å². The molecule has 0 N–H and O–H groups in total. The van der Waals surface area contributed by atoms with Crippen molar-refractivity contribution in [1.82, 2.24) is 0 Å². The van der Waals surface area contributed by atoms with Gasteiger partial charge in [0.2, 0.25) is 0 Å². The molecular formula is C72H98O18. The Morgan fingerprint density at radius 1 is 0.289 bits per heavy atom. The zero-order chi connectivity index (χ0) is 63.1. The van der Waals surface area contributed by atoms with Gasteiger partial charge in [-0.05, 0) is 143 Å². The van der Waals surface area contributed by atoms with E-state index in [0.29, 0.717) is 213 Å². The summed E-state index contributed by atoms with van der Waals surface area (Å²) >= 11 is 0. The SMILES string of the molecule is CCOCCOCCOCCOc1cc(COc2cc(CC)cc(OCc3cc(OCCOCCOCCOCC)cc(OCCOCCOCC(OCC)c4cc5ccc(CC)c6ccc7cccc4c7c56)c3)c2)cc(OCCOCCOCCOCC)c1. The Hall–Kier alpha value is -6.10. The number of hydrogen-bond donors (Lipinski definition) is 0. The summed E-state index contributed by atoms with van der Waals surface area (Å²) in [5.74, 6) is 3.79. The van der Waals surface area contributed by atoms with Gasteiger partial charge in [0.15, 0.2) is 0 Å². The molecule has 0 fully saturated rings. The number of benzene rings is 7. The van der Waals surface area contributed by atoms with Crippen molar-refractivity contribution in [2.75, 3.05) is 178 Å². The first-order valence-corrected chi connectivity index (χ1v) is 32.3. The predicted molar refractivity (Wildman–Crippen MR) is 349 cm³/mol. The van der Waals surface area contributed by atoms with E-state index >= 15 is 0 Å². The van der Waals surface area contributed by atoms with Crippen molar-refractivity contribution < 1.29 is 85.3 Å². The van der Waals surface area contributed by atoms with E-state index in [0.717, 1.165) is 35.1 Å². The van der Waals surface area contributed by atoms with Gasteiger partial charge in [0.05, 0.1) is 126 Å². The Kier molecular flexibility index (Phi) is 34.0. The zero-order valence-electron chi connectivity index (χ0n) is 54.2. The fourth-order valence-corrected chi connectivity index (χ4v) is 10.1. The molecule has 0 aliphatic rings. The summed E-state index contributed by atoms with van der Waals surface area (Å²) in [5, 5.41) is 7.55. The van der Waals surface area contributed by atoms with Crippen molar-refractivity contribution in [3.63, 3.8) is 0 Å². The van der Waals surface area contributed by atoms with Crippen molar-refractivity contribution in [1.29, 1.82) is 0 Å². The average Bonchev–Trinajstić information content (AvgIpc) is 0.746. The Bertz CT molecular complexity index is 3000. The minimum Gasteiger partial charge on any atom is -0.491 e. The molecule has 494 valence electrons. The van der Waals surface area contributed by atoms with E-state index in [1.807, 2.05) is 82.3 Å². The van der Waals surface area contributed by atoms with Crippen LogP contribution in [0.15, 0.2) is 103 Å². The topological polar surface area (TPSA) is 166 Å². The maximum absolute atomic E-state index is 6.51. The quantitative estimate of drug-likeness (QED) is 0.0261. The number of ether oxygens (including phenoxy) is 18. The van der Waals surface area contributed by atoms with Gasteiger partial charge >= 0.3 is 0 Å². The molecule has 0 aliphatic carbocycles. The molecule has 18 nitrogen and oxygen atoms in total. The Morgan fingerprint density at radius 2 is 0.667 bits per heavy atom. The standard InChI is InChI=1S/C72H98O18/c1-7-55-42-65(89-52-56-44-61(85-38-34-79-29-26-76-23-20-73-9-3)49-62(45-56)86-39-35-80-30-27-77-24-21-74-10-4)51-66(43-55)90-53-57-46-63(87-40-36-81-31-28-78-25-22-75-11-5)50-64(47-57)88-41-37-82-32-33-83-54-70(84-12-6)69-48-60-17-16-58(8-2)67-19-18-59-14-13-15-68(69)71(59)72(60)67/h13-19,42-51,70H,7-12,20-41,52-54H2,1-6H3. The molecule has 90 heavy (non-hydrogen) atoms. The molecule has 0 bridgehead atoms. The molecule has 18 heteroatoms. The second kappa shape index (κ2) is 42.9. The molecule has 0 saturated heterocycles. The first-order chi connectivity index (χ1) is 44.4. The van der Waals surface area contributed by atoms with Gasteiger partial charge in [0, 0.05) is 44.6 Å². The Labute approximate surface area is 533 Å². The summed E-state index contributed by atoms with van der Waals surface area (Å²) < 4.78 is 106. The zero-order valence-corrected chi connectivity index (χ0v) is 54.2. The van der Waals surface area contributed by atoms with E-state index < -0.39 is 0 Å². The van der Waals surface area contributed by atoms with Crippen molar-refractivity contribution in [2.24, 2.45) is 0 Å². The van der Waals surface area contributed by atoms with Crippen LogP contribution in [-0.2, 0) is 82.9 Å². The minimum absolute atomic E-state index is 0.232. The van der Waals surface area contributed by atoms with Crippen LogP contribution < -0.4 is 28.4 Å². The summed E-state index contributed by atoms with van der Waals surface area (Å²) in [5.41, 5.74) is 5.24.